The third-order valence-electron chi connectivity index (χ3n) is 3.87. The summed E-state index contributed by atoms with van der Waals surface area (Å²) in [6, 6.07) is 13.7. The second-order valence-corrected chi connectivity index (χ2v) is 5.77. The molecule has 2 aromatic heterocycles. The molecule has 2 heterocycles. The maximum absolute atomic E-state index is 11.9. The summed E-state index contributed by atoms with van der Waals surface area (Å²) in [5.74, 6) is -0.0346. The smallest absolute Gasteiger partial charge is 0.225 e. The predicted molar refractivity (Wildman–Crippen MR) is 97.5 cm³/mol. The Balaban J connectivity index is 1.47. The first-order valence-corrected chi connectivity index (χ1v) is 8.25. The average Bonchev–Trinajstić information content (AvgIpc) is 3.13. The van der Waals surface area contributed by atoms with Gasteiger partial charge in [-0.05, 0) is 31.2 Å². The molecule has 0 saturated heterocycles. The lowest BCUT2D eigenvalue weighted by atomic mass is 10.2. The van der Waals surface area contributed by atoms with Crippen LogP contribution >= 0.6 is 0 Å². The number of pyridine rings is 1. The number of carbonyl (C=O) groups is 1. The molecule has 1 amide bonds. The first kappa shape index (κ1) is 16.9. The van der Waals surface area contributed by atoms with Crippen molar-refractivity contribution in [2.45, 2.75) is 19.4 Å². The second-order valence-electron chi connectivity index (χ2n) is 5.77. The van der Waals surface area contributed by atoms with Crippen molar-refractivity contribution in [3.8, 4) is 5.69 Å². The topological polar surface area (TPSA) is 71.8 Å². The van der Waals surface area contributed by atoms with E-state index in [0.29, 0.717) is 18.7 Å². The maximum Gasteiger partial charge on any atom is 0.225 e. The lowest BCUT2D eigenvalue weighted by Gasteiger charge is -2.12. The van der Waals surface area contributed by atoms with Gasteiger partial charge >= 0.3 is 0 Å². The van der Waals surface area contributed by atoms with Gasteiger partial charge in [0.05, 0.1) is 23.8 Å². The van der Waals surface area contributed by atoms with Crippen molar-refractivity contribution in [2.75, 3.05) is 11.9 Å². The van der Waals surface area contributed by atoms with E-state index in [4.69, 9.17) is 0 Å². The van der Waals surface area contributed by atoms with Crippen molar-refractivity contribution < 1.29 is 4.79 Å². The number of para-hydroxylation sites is 1. The molecular weight excluding hydrogens is 314 g/mol. The molecule has 25 heavy (non-hydrogen) atoms. The van der Waals surface area contributed by atoms with Crippen LogP contribution in [0.25, 0.3) is 5.69 Å². The van der Waals surface area contributed by atoms with Gasteiger partial charge in [-0.3, -0.25) is 9.78 Å². The highest BCUT2D eigenvalue weighted by Gasteiger charge is 2.09. The van der Waals surface area contributed by atoms with Gasteiger partial charge in [0.15, 0.2) is 0 Å². The summed E-state index contributed by atoms with van der Waals surface area (Å²) in [5.41, 5.74) is 2.82. The highest BCUT2D eigenvalue weighted by Crippen LogP contribution is 2.14. The second kappa shape index (κ2) is 8.21. The zero-order valence-electron chi connectivity index (χ0n) is 14.1. The molecule has 0 radical (unpaired) electrons. The van der Waals surface area contributed by atoms with E-state index in [1.165, 1.54) is 0 Å². The number of hydrogen-bond acceptors (Lipinski definition) is 4. The highest BCUT2D eigenvalue weighted by molar-refractivity contribution is 5.90. The molecule has 1 aromatic carbocycles. The molecule has 1 atom stereocenters. The molecule has 0 saturated carbocycles. The van der Waals surface area contributed by atoms with E-state index < -0.39 is 0 Å². The highest BCUT2D eigenvalue weighted by atomic mass is 16.1. The Bertz CT molecular complexity index is 801. The van der Waals surface area contributed by atoms with Gasteiger partial charge in [0.25, 0.3) is 0 Å². The summed E-state index contributed by atoms with van der Waals surface area (Å²) < 4.78 is 1.85. The largest absolute Gasteiger partial charge is 0.325 e. The van der Waals surface area contributed by atoms with Crippen LogP contribution in [0.4, 0.5) is 5.69 Å². The molecule has 6 heteroatoms. The minimum atomic E-state index is -0.0346. The number of benzene rings is 1. The van der Waals surface area contributed by atoms with E-state index in [-0.39, 0.29) is 11.9 Å². The van der Waals surface area contributed by atoms with Crippen LogP contribution in [0.15, 0.2) is 67.3 Å². The Kier molecular flexibility index (Phi) is 5.53. The minimum absolute atomic E-state index is 0.0346. The summed E-state index contributed by atoms with van der Waals surface area (Å²) >= 11 is 0. The standard InChI is InChI=1S/C19H21N5O/c1-15(16-12-22-24(14-16)18-7-3-2-4-8-18)21-11-9-19(25)23-17-6-5-10-20-13-17/h2-8,10,12-15,21H,9,11H2,1H3,(H,23,25). The van der Waals surface area contributed by atoms with Crippen molar-refractivity contribution in [3.63, 3.8) is 0 Å². The number of carbonyl (C=O) groups excluding carboxylic acids is 1. The van der Waals surface area contributed by atoms with Crippen molar-refractivity contribution in [1.29, 1.82) is 0 Å². The minimum Gasteiger partial charge on any atom is -0.325 e. The Morgan fingerprint density at radius 2 is 2.00 bits per heavy atom. The van der Waals surface area contributed by atoms with Crippen LogP contribution in [0, 0.1) is 0 Å². The Labute approximate surface area is 146 Å². The zero-order valence-corrected chi connectivity index (χ0v) is 14.1. The van der Waals surface area contributed by atoms with Crippen molar-refractivity contribution >= 4 is 11.6 Å². The lowest BCUT2D eigenvalue weighted by Crippen LogP contribution is -2.24. The van der Waals surface area contributed by atoms with Gasteiger partial charge in [-0.1, -0.05) is 18.2 Å². The van der Waals surface area contributed by atoms with Gasteiger partial charge in [-0.25, -0.2) is 4.68 Å². The van der Waals surface area contributed by atoms with Gasteiger partial charge in [0.2, 0.25) is 5.91 Å². The molecule has 2 N–H and O–H groups in total. The fourth-order valence-corrected chi connectivity index (χ4v) is 2.46. The Morgan fingerprint density at radius 1 is 1.16 bits per heavy atom. The fourth-order valence-electron chi connectivity index (χ4n) is 2.46. The summed E-state index contributed by atoms with van der Waals surface area (Å²) in [6.45, 7) is 2.65. The SMILES string of the molecule is CC(NCCC(=O)Nc1cccnc1)c1cnn(-c2ccccc2)c1. The number of amides is 1. The van der Waals surface area contributed by atoms with Crippen LogP contribution in [0.1, 0.15) is 24.9 Å². The van der Waals surface area contributed by atoms with Crippen LogP contribution < -0.4 is 10.6 Å². The average molecular weight is 335 g/mol. The Hall–Kier alpha value is -2.99. The molecule has 0 aliphatic heterocycles. The van der Waals surface area contributed by atoms with Gasteiger partial charge in [0, 0.05) is 37.0 Å². The van der Waals surface area contributed by atoms with E-state index >= 15 is 0 Å². The summed E-state index contributed by atoms with van der Waals surface area (Å²) in [4.78, 5) is 15.9. The summed E-state index contributed by atoms with van der Waals surface area (Å²) in [6.07, 6.45) is 7.55. The van der Waals surface area contributed by atoms with E-state index in [2.05, 4.69) is 27.6 Å². The van der Waals surface area contributed by atoms with Crippen molar-refractivity contribution in [3.05, 3.63) is 72.8 Å². The van der Waals surface area contributed by atoms with Crippen molar-refractivity contribution in [1.82, 2.24) is 20.1 Å². The van der Waals surface area contributed by atoms with Gasteiger partial charge in [-0.2, -0.15) is 5.10 Å². The number of anilines is 1. The van der Waals surface area contributed by atoms with Gasteiger partial charge in [0.1, 0.15) is 0 Å². The molecule has 0 spiro atoms. The number of aromatic nitrogens is 3. The number of nitrogens with one attached hydrogen (secondary N) is 2. The van der Waals surface area contributed by atoms with E-state index in [0.717, 1.165) is 11.3 Å². The zero-order chi connectivity index (χ0) is 17.5. The quantitative estimate of drug-likeness (QED) is 0.696. The Morgan fingerprint density at radius 3 is 2.76 bits per heavy atom. The lowest BCUT2D eigenvalue weighted by molar-refractivity contribution is -0.116. The molecule has 0 fully saturated rings. The van der Waals surface area contributed by atoms with E-state index in [1.54, 1.807) is 18.5 Å². The van der Waals surface area contributed by atoms with Gasteiger partial charge < -0.3 is 10.6 Å². The van der Waals surface area contributed by atoms with Gasteiger partial charge in [-0.15, -0.1) is 0 Å². The van der Waals surface area contributed by atoms with Crippen LogP contribution in [0.2, 0.25) is 0 Å². The molecule has 3 aromatic rings. The summed E-state index contributed by atoms with van der Waals surface area (Å²) in [7, 11) is 0. The molecular formula is C19H21N5O. The predicted octanol–water partition coefficient (Wildman–Crippen LogP) is 2.95. The maximum atomic E-state index is 11.9. The van der Waals surface area contributed by atoms with Crippen LogP contribution in [0.5, 0.6) is 0 Å². The van der Waals surface area contributed by atoms with Crippen LogP contribution in [-0.4, -0.2) is 27.2 Å². The first-order chi connectivity index (χ1) is 12.2. The van der Waals surface area contributed by atoms with Crippen LogP contribution in [0.3, 0.4) is 0 Å². The number of hydrogen-bond donors (Lipinski definition) is 2. The monoisotopic (exact) mass is 335 g/mol. The molecule has 0 bridgehead atoms. The first-order valence-electron chi connectivity index (χ1n) is 8.25. The molecule has 0 aliphatic carbocycles. The number of rotatable bonds is 7. The van der Waals surface area contributed by atoms with Crippen LogP contribution in [-0.2, 0) is 4.79 Å². The fraction of sp³-hybridized carbons (Fsp3) is 0.211. The third kappa shape index (κ3) is 4.74. The normalized spacial score (nSPS) is 11.9. The van der Waals surface area contributed by atoms with E-state index in [1.807, 2.05) is 53.5 Å². The number of nitrogens with zero attached hydrogens (tertiary/aromatic N) is 3. The summed E-state index contributed by atoms with van der Waals surface area (Å²) in [5, 5.41) is 10.6. The molecule has 3 rings (SSSR count). The molecule has 128 valence electrons. The molecule has 0 aliphatic rings. The molecule has 1 unspecified atom stereocenters. The molecule has 6 nitrogen and oxygen atoms in total. The van der Waals surface area contributed by atoms with E-state index in [9.17, 15) is 4.79 Å². The van der Waals surface area contributed by atoms with Crippen molar-refractivity contribution in [2.24, 2.45) is 0 Å². The third-order valence-corrected chi connectivity index (χ3v) is 3.87.